The number of thiazole rings is 1. The molecule has 0 bridgehead atoms. The smallest absolute Gasteiger partial charge is 0.251 e. The minimum absolute atomic E-state index is 0.0548. The Hall–Kier alpha value is -2.99. The molecule has 6 heteroatoms. The highest BCUT2D eigenvalue weighted by atomic mass is 32.1. The Morgan fingerprint density at radius 2 is 1.96 bits per heavy atom. The van der Waals surface area contributed by atoms with Crippen molar-refractivity contribution in [2.45, 2.75) is 20.3 Å². The van der Waals surface area contributed by atoms with Gasteiger partial charge in [-0.25, -0.2) is 9.67 Å². The first kappa shape index (κ1) is 17.4. The van der Waals surface area contributed by atoms with E-state index in [4.69, 9.17) is 0 Å². The molecule has 2 aromatic carbocycles. The van der Waals surface area contributed by atoms with E-state index in [2.05, 4.69) is 15.4 Å². The van der Waals surface area contributed by atoms with Crippen molar-refractivity contribution in [1.82, 2.24) is 20.1 Å². The number of hydrogen-bond acceptors (Lipinski definition) is 4. The average Bonchev–Trinajstić information content (AvgIpc) is 3.27. The number of benzene rings is 2. The fraction of sp³-hybridized carbons (Fsp3) is 0.190. The molecule has 0 fully saturated rings. The zero-order valence-electron chi connectivity index (χ0n) is 15.3. The third-order valence-corrected chi connectivity index (χ3v) is 5.30. The first-order valence-electron chi connectivity index (χ1n) is 8.86. The van der Waals surface area contributed by atoms with Crippen LogP contribution in [-0.2, 0) is 6.42 Å². The SMILES string of the molecule is Cc1cc(C)n(-c2nc(CCNC(=O)c3cccc4ccccc34)cs2)n1. The molecule has 2 heterocycles. The first-order valence-corrected chi connectivity index (χ1v) is 9.74. The molecule has 1 amide bonds. The van der Waals surface area contributed by atoms with Crippen LogP contribution in [0.3, 0.4) is 0 Å². The first-order chi connectivity index (χ1) is 13.1. The van der Waals surface area contributed by atoms with Crippen molar-refractivity contribution >= 4 is 28.0 Å². The minimum Gasteiger partial charge on any atom is -0.352 e. The summed E-state index contributed by atoms with van der Waals surface area (Å²) >= 11 is 1.56. The normalized spacial score (nSPS) is 11.0. The summed E-state index contributed by atoms with van der Waals surface area (Å²) in [5.41, 5.74) is 3.71. The van der Waals surface area contributed by atoms with Crippen LogP contribution in [-0.4, -0.2) is 27.2 Å². The van der Waals surface area contributed by atoms with Gasteiger partial charge in [0.05, 0.1) is 11.4 Å². The number of rotatable bonds is 5. The highest BCUT2D eigenvalue weighted by molar-refractivity contribution is 7.12. The Labute approximate surface area is 161 Å². The number of amides is 1. The van der Waals surface area contributed by atoms with Crippen molar-refractivity contribution in [1.29, 1.82) is 0 Å². The van der Waals surface area contributed by atoms with E-state index in [0.717, 1.165) is 33.0 Å². The Bertz CT molecular complexity index is 1110. The van der Waals surface area contributed by atoms with E-state index < -0.39 is 0 Å². The van der Waals surface area contributed by atoms with Gasteiger partial charge < -0.3 is 5.32 Å². The van der Waals surface area contributed by atoms with Crippen LogP contribution in [0.2, 0.25) is 0 Å². The molecule has 0 aliphatic heterocycles. The Kier molecular flexibility index (Phi) is 4.73. The number of aryl methyl sites for hydroxylation is 2. The molecule has 0 saturated heterocycles. The van der Waals surface area contributed by atoms with Gasteiger partial charge in [-0.1, -0.05) is 36.4 Å². The molecular weight excluding hydrogens is 356 g/mol. The van der Waals surface area contributed by atoms with E-state index >= 15 is 0 Å². The van der Waals surface area contributed by atoms with Crippen LogP contribution >= 0.6 is 11.3 Å². The van der Waals surface area contributed by atoms with Crippen LogP contribution in [0.1, 0.15) is 27.4 Å². The predicted molar refractivity (Wildman–Crippen MR) is 109 cm³/mol. The van der Waals surface area contributed by atoms with E-state index in [-0.39, 0.29) is 5.91 Å². The summed E-state index contributed by atoms with van der Waals surface area (Å²) in [6, 6.07) is 15.8. The molecule has 2 aromatic heterocycles. The molecule has 0 aliphatic rings. The molecule has 4 aromatic rings. The van der Waals surface area contributed by atoms with Gasteiger partial charge in [-0.3, -0.25) is 4.79 Å². The minimum atomic E-state index is -0.0548. The van der Waals surface area contributed by atoms with Crippen LogP contribution in [0, 0.1) is 13.8 Å². The highest BCUT2D eigenvalue weighted by Crippen LogP contribution is 2.19. The standard InChI is InChI=1S/C21H20N4OS/c1-14-12-15(2)25(24-14)21-23-17(13-27-21)10-11-22-20(26)19-9-5-7-16-6-3-4-8-18(16)19/h3-9,12-13H,10-11H2,1-2H3,(H,22,26). The van der Waals surface area contributed by atoms with Crippen molar-refractivity contribution in [3.8, 4) is 5.13 Å². The Balaban J connectivity index is 1.41. The summed E-state index contributed by atoms with van der Waals surface area (Å²) in [6.45, 7) is 4.54. The molecule has 0 atom stereocenters. The van der Waals surface area contributed by atoms with E-state index in [1.54, 1.807) is 11.3 Å². The third kappa shape index (κ3) is 3.61. The number of hydrogen-bond donors (Lipinski definition) is 1. The summed E-state index contributed by atoms with van der Waals surface area (Å²) in [5.74, 6) is -0.0548. The maximum absolute atomic E-state index is 12.6. The van der Waals surface area contributed by atoms with E-state index in [1.807, 2.05) is 72.4 Å². The summed E-state index contributed by atoms with van der Waals surface area (Å²) in [5, 5.41) is 12.4. The zero-order chi connectivity index (χ0) is 18.8. The second-order valence-corrected chi connectivity index (χ2v) is 7.33. The topological polar surface area (TPSA) is 59.8 Å². The summed E-state index contributed by atoms with van der Waals surface area (Å²) in [7, 11) is 0. The molecule has 136 valence electrons. The average molecular weight is 376 g/mol. The molecule has 27 heavy (non-hydrogen) atoms. The van der Waals surface area contributed by atoms with Gasteiger partial charge in [0.1, 0.15) is 0 Å². The second-order valence-electron chi connectivity index (χ2n) is 6.49. The van der Waals surface area contributed by atoms with Gasteiger partial charge in [-0.05, 0) is 36.8 Å². The maximum Gasteiger partial charge on any atom is 0.251 e. The lowest BCUT2D eigenvalue weighted by molar-refractivity contribution is 0.0955. The molecule has 4 rings (SSSR count). The van der Waals surface area contributed by atoms with Gasteiger partial charge in [-0.2, -0.15) is 5.10 Å². The quantitative estimate of drug-likeness (QED) is 0.571. The predicted octanol–water partition coefficient (Wildman–Crippen LogP) is 4.07. The van der Waals surface area contributed by atoms with Crippen molar-refractivity contribution in [2.24, 2.45) is 0 Å². The molecule has 0 spiro atoms. The van der Waals surface area contributed by atoms with Crippen LogP contribution < -0.4 is 5.32 Å². The van der Waals surface area contributed by atoms with Crippen LogP contribution in [0.4, 0.5) is 0 Å². The fourth-order valence-corrected chi connectivity index (χ4v) is 4.02. The van der Waals surface area contributed by atoms with Gasteiger partial charge >= 0.3 is 0 Å². The monoisotopic (exact) mass is 376 g/mol. The molecule has 0 unspecified atom stereocenters. The summed E-state index contributed by atoms with van der Waals surface area (Å²) in [4.78, 5) is 17.2. The molecule has 0 aliphatic carbocycles. The number of fused-ring (bicyclic) bond motifs is 1. The highest BCUT2D eigenvalue weighted by Gasteiger charge is 2.11. The van der Waals surface area contributed by atoms with E-state index in [1.165, 1.54) is 0 Å². The van der Waals surface area contributed by atoms with Crippen LogP contribution in [0.15, 0.2) is 53.9 Å². The van der Waals surface area contributed by atoms with Gasteiger partial charge in [0.25, 0.3) is 5.91 Å². The van der Waals surface area contributed by atoms with E-state index in [0.29, 0.717) is 18.5 Å². The number of carbonyl (C=O) groups excluding carboxylic acids is 1. The molecular formula is C21H20N4OS. The molecule has 0 radical (unpaired) electrons. The largest absolute Gasteiger partial charge is 0.352 e. The molecule has 5 nitrogen and oxygen atoms in total. The summed E-state index contributed by atoms with van der Waals surface area (Å²) < 4.78 is 1.86. The van der Waals surface area contributed by atoms with Crippen molar-refractivity contribution in [3.63, 3.8) is 0 Å². The number of aromatic nitrogens is 3. The van der Waals surface area contributed by atoms with Gasteiger partial charge in [0.15, 0.2) is 0 Å². The van der Waals surface area contributed by atoms with Crippen LogP contribution in [0.5, 0.6) is 0 Å². The molecule has 1 N–H and O–H groups in total. The second kappa shape index (κ2) is 7.32. The number of carbonyl (C=O) groups is 1. The van der Waals surface area contributed by atoms with E-state index in [9.17, 15) is 4.79 Å². The number of nitrogens with one attached hydrogen (secondary N) is 1. The lowest BCUT2D eigenvalue weighted by atomic mass is 10.0. The Morgan fingerprint density at radius 1 is 1.15 bits per heavy atom. The Morgan fingerprint density at radius 3 is 2.78 bits per heavy atom. The lowest BCUT2D eigenvalue weighted by Crippen LogP contribution is -2.26. The maximum atomic E-state index is 12.6. The van der Waals surface area contributed by atoms with Crippen molar-refractivity contribution in [2.75, 3.05) is 6.54 Å². The zero-order valence-corrected chi connectivity index (χ0v) is 16.1. The van der Waals surface area contributed by atoms with Gasteiger partial charge in [0, 0.05) is 29.6 Å². The third-order valence-electron chi connectivity index (χ3n) is 4.43. The lowest BCUT2D eigenvalue weighted by Gasteiger charge is -2.07. The van der Waals surface area contributed by atoms with Crippen molar-refractivity contribution in [3.05, 3.63) is 76.6 Å². The number of nitrogens with zero attached hydrogens (tertiary/aromatic N) is 3. The van der Waals surface area contributed by atoms with Gasteiger partial charge in [0.2, 0.25) is 5.13 Å². The van der Waals surface area contributed by atoms with Crippen LogP contribution in [0.25, 0.3) is 15.9 Å². The molecule has 0 saturated carbocycles. The van der Waals surface area contributed by atoms with Crippen molar-refractivity contribution < 1.29 is 4.79 Å². The summed E-state index contributed by atoms with van der Waals surface area (Å²) in [6.07, 6.45) is 0.687. The van der Waals surface area contributed by atoms with Gasteiger partial charge in [-0.15, -0.1) is 11.3 Å². The fourth-order valence-electron chi connectivity index (χ4n) is 3.15.